The van der Waals surface area contributed by atoms with Crippen molar-refractivity contribution >= 4 is 0 Å². The van der Waals surface area contributed by atoms with E-state index in [1.54, 1.807) is 0 Å². The Kier molecular flexibility index (Phi) is 2.83. The van der Waals surface area contributed by atoms with Crippen LogP contribution in [0, 0.1) is 5.92 Å². The van der Waals surface area contributed by atoms with Gasteiger partial charge in [-0.05, 0) is 42.4 Å². The third-order valence-electron chi connectivity index (χ3n) is 3.77. The molecule has 2 unspecified atom stereocenters. The molecule has 0 aliphatic heterocycles. The number of fused-ring (bicyclic) bond motifs is 1. The van der Waals surface area contributed by atoms with Crippen molar-refractivity contribution in [1.29, 1.82) is 0 Å². The molecule has 2 aliphatic carbocycles. The zero-order valence-electron chi connectivity index (χ0n) is 9.84. The smallest absolute Gasteiger partial charge is 0.00853 e. The Morgan fingerprint density at radius 1 is 1.40 bits per heavy atom. The molecular weight excluding hydrogens is 182 g/mol. The van der Waals surface area contributed by atoms with Gasteiger partial charge in [-0.25, -0.2) is 0 Å². The van der Waals surface area contributed by atoms with Gasteiger partial charge in [-0.2, -0.15) is 0 Å². The van der Waals surface area contributed by atoms with Crippen LogP contribution in [0.3, 0.4) is 0 Å². The minimum Gasteiger partial charge on any atom is -0.327 e. The fraction of sp³-hybridized carbons (Fsp3) is 0.571. The molecule has 1 heteroatoms. The number of nitrogens with two attached hydrogens (primary N) is 1. The van der Waals surface area contributed by atoms with Crippen LogP contribution in [0.2, 0.25) is 0 Å². The topological polar surface area (TPSA) is 26.0 Å². The van der Waals surface area contributed by atoms with Gasteiger partial charge in [-0.1, -0.05) is 32.1 Å². The van der Waals surface area contributed by atoms with E-state index in [0.29, 0.717) is 12.0 Å². The molecule has 82 valence electrons. The fourth-order valence-corrected chi connectivity index (χ4v) is 3.01. The summed E-state index contributed by atoms with van der Waals surface area (Å²) in [6.07, 6.45) is 6.80. The second-order valence-electron chi connectivity index (χ2n) is 4.71. The van der Waals surface area contributed by atoms with Gasteiger partial charge < -0.3 is 5.73 Å². The molecule has 0 amide bonds. The molecular formula is C14H21N. The Bertz CT molecular complexity index is 346. The summed E-state index contributed by atoms with van der Waals surface area (Å²) in [5.74, 6) is 0.560. The molecule has 0 aromatic rings. The molecule has 2 rings (SSSR count). The van der Waals surface area contributed by atoms with E-state index in [4.69, 9.17) is 5.73 Å². The standard InChI is InChI=1S/C14H21N/c1-4-10-6-11-7-12(15)8-14(11)9(3)13(10)5-2/h6,12,14H,3-5,7-8,15H2,1-2H3. The number of rotatable bonds is 2. The van der Waals surface area contributed by atoms with Crippen molar-refractivity contribution in [2.24, 2.45) is 11.7 Å². The van der Waals surface area contributed by atoms with Gasteiger partial charge in [0.1, 0.15) is 0 Å². The van der Waals surface area contributed by atoms with Crippen molar-refractivity contribution in [3.05, 3.63) is 34.9 Å². The molecule has 0 radical (unpaired) electrons. The van der Waals surface area contributed by atoms with Crippen LogP contribution in [-0.4, -0.2) is 6.04 Å². The molecule has 2 atom stereocenters. The summed E-state index contributed by atoms with van der Waals surface area (Å²) >= 11 is 0. The van der Waals surface area contributed by atoms with Crippen LogP contribution < -0.4 is 5.73 Å². The van der Waals surface area contributed by atoms with E-state index in [9.17, 15) is 0 Å². The molecule has 0 aromatic carbocycles. The number of hydrogen-bond donors (Lipinski definition) is 1. The lowest BCUT2D eigenvalue weighted by Gasteiger charge is -2.25. The molecule has 0 aromatic heterocycles. The minimum atomic E-state index is 0.354. The summed E-state index contributed by atoms with van der Waals surface area (Å²) in [4.78, 5) is 0. The molecule has 0 heterocycles. The largest absolute Gasteiger partial charge is 0.327 e. The van der Waals surface area contributed by atoms with Crippen molar-refractivity contribution in [3.8, 4) is 0 Å². The molecule has 0 saturated heterocycles. The van der Waals surface area contributed by atoms with Crippen molar-refractivity contribution in [3.63, 3.8) is 0 Å². The van der Waals surface area contributed by atoms with Gasteiger partial charge in [0.25, 0.3) is 0 Å². The monoisotopic (exact) mass is 203 g/mol. The summed E-state index contributed by atoms with van der Waals surface area (Å²) in [5, 5.41) is 0. The predicted molar refractivity (Wildman–Crippen MR) is 65.5 cm³/mol. The Morgan fingerprint density at radius 3 is 2.73 bits per heavy atom. The zero-order chi connectivity index (χ0) is 11.0. The van der Waals surface area contributed by atoms with Crippen molar-refractivity contribution in [1.82, 2.24) is 0 Å². The third-order valence-corrected chi connectivity index (χ3v) is 3.77. The second kappa shape index (κ2) is 3.97. The van der Waals surface area contributed by atoms with E-state index in [1.807, 2.05) is 0 Å². The van der Waals surface area contributed by atoms with E-state index in [0.717, 1.165) is 25.7 Å². The van der Waals surface area contributed by atoms with Gasteiger partial charge in [0.15, 0.2) is 0 Å². The first kappa shape index (κ1) is 10.7. The van der Waals surface area contributed by atoms with Crippen molar-refractivity contribution in [2.75, 3.05) is 0 Å². The van der Waals surface area contributed by atoms with Gasteiger partial charge in [0.05, 0.1) is 0 Å². The van der Waals surface area contributed by atoms with Gasteiger partial charge >= 0.3 is 0 Å². The first-order chi connectivity index (χ1) is 7.17. The van der Waals surface area contributed by atoms with E-state index >= 15 is 0 Å². The lowest BCUT2D eigenvalue weighted by atomic mass is 9.80. The summed E-state index contributed by atoms with van der Waals surface area (Å²) in [6, 6.07) is 0.354. The van der Waals surface area contributed by atoms with E-state index < -0.39 is 0 Å². The SMILES string of the molecule is C=C1C(CC)=C(CC)C=C2CC(N)CC12. The van der Waals surface area contributed by atoms with Gasteiger partial charge in [-0.15, -0.1) is 0 Å². The Hall–Kier alpha value is -0.820. The van der Waals surface area contributed by atoms with Crippen LogP contribution >= 0.6 is 0 Å². The molecule has 15 heavy (non-hydrogen) atoms. The van der Waals surface area contributed by atoms with Crippen LogP contribution in [0.1, 0.15) is 39.5 Å². The zero-order valence-corrected chi connectivity index (χ0v) is 9.84. The maximum absolute atomic E-state index is 6.03. The third kappa shape index (κ3) is 1.69. The van der Waals surface area contributed by atoms with Crippen LogP contribution in [0.25, 0.3) is 0 Å². The van der Waals surface area contributed by atoms with E-state index in [1.165, 1.54) is 22.3 Å². The Balaban J connectivity index is 2.38. The summed E-state index contributed by atoms with van der Waals surface area (Å²) in [7, 11) is 0. The second-order valence-corrected chi connectivity index (χ2v) is 4.71. The molecule has 1 saturated carbocycles. The number of hydrogen-bond acceptors (Lipinski definition) is 1. The highest BCUT2D eigenvalue weighted by Gasteiger charge is 2.32. The van der Waals surface area contributed by atoms with E-state index in [2.05, 4.69) is 26.5 Å². The maximum atomic E-state index is 6.03. The van der Waals surface area contributed by atoms with Crippen molar-refractivity contribution in [2.45, 2.75) is 45.6 Å². The summed E-state index contributed by atoms with van der Waals surface area (Å²) in [6.45, 7) is 8.74. The first-order valence-corrected chi connectivity index (χ1v) is 6.04. The molecule has 1 nitrogen and oxygen atoms in total. The van der Waals surface area contributed by atoms with Crippen LogP contribution in [0.5, 0.6) is 0 Å². The normalized spacial score (nSPS) is 30.6. The lowest BCUT2D eigenvalue weighted by molar-refractivity contribution is 0.643. The lowest BCUT2D eigenvalue weighted by Crippen LogP contribution is -2.15. The Morgan fingerprint density at radius 2 is 2.13 bits per heavy atom. The molecule has 2 N–H and O–H groups in total. The first-order valence-electron chi connectivity index (χ1n) is 6.04. The minimum absolute atomic E-state index is 0.354. The van der Waals surface area contributed by atoms with Gasteiger partial charge in [-0.3, -0.25) is 0 Å². The fourth-order valence-electron chi connectivity index (χ4n) is 3.01. The average Bonchev–Trinajstić information content (AvgIpc) is 2.59. The highest BCUT2D eigenvalue weighted by molar-refractivity contribution is 5.50. The average molecular weight is 203 g/mol. The molecule has 1 fully saturated rings. The quantitative estimate of drug-likeness (QED) is 0.732. The Labute approximate surface area is 92.7 Å². The van der Waals surface area contributed by atoms with Crippen LogP contribution in [0.4, 0.5) is 0 Å². The predicted octanol–water partition coefficient (Wildman–Crippen LogP) is 3.34. The molecule has 2 aliphatic rings. The maximum Gasteiger partial charge on any atom is 0.00853 e. The molecule has 0 bridgehead atoms. The van der Waals surface area contributed by atoms with Crippen LogP contribution in [-0.2, 0) is 0 Å². The summed E-state index contributed by atoms with van der Waals surface area (Å²) in [5.41, 5.74) is 11.9. The molecule has 0 spiro atoms. The van der Waals surface area contributed by atoms with Crippen molar-refractivity contribution < 1.29 is 0 Å². The van der Waals surface area contributed by atoms with Gasteiger partial charge in [0, 0.05) is 12.0 Å². The highest BCUT2D eigenvalue weighted by atomic mass is 14.7. The van der Waals surface area contributed by atoms with Gasteiger partial charge in [0.2, 0.25) is 0 Å². The van der Waals surface area contributed by atoms with Crippen LogP contribution in [0.15, 0.2) is 34.9 Å². The summed E-state index contributed by atoms with van der Waals surface area (Å²) < 4.78 is 0. The highest BCUT2D eigenvalue weighted by Crippen LogP contribution is 2.44. The number of allylic oxidation sites excluding steroid dienone is 4. The van der Waals surface area contributed by atoms with E-state index in [-0.39, 0.29) is 0 Å².